The zero-order valence-corrected chi connectivity index (χ0v) is 8.05. The highest BCUT2D eigenvalue weighted by molar-refractivity contribution is 5.85. The average Bonchev–Trinajstić information content (AvgIpc) is 2.84. The van der Waals surface area contributed by atoms with E-state index in [-0.39, 0.29) is 11.3 Å². The van der Waals surface area contributed by atoms with Gasteiger partial charge in [0.2, 0.25) is 5.91 Å². The highest BCUT2D eigenvalue weighted by atomic mass is 16.2. The van der Waals surface area contributed by atoms with E-state index in [1.807, 2.05) is 18.3 Å². The Morgan fingerprint density at radius 1 is 1.64 bits per heavy atom. The molecule has 1 aliphatic rings. The van der Waals surface area contributed by atoms with Crippen LogP contribution in [0.15, 0.2) is 18.3 Å². The monoisotopic (exact) mass is 193 g/mol. The topological polar surface area (TPSA) is 70.9 Å². The molecular weight excluding hydrogens is 178 g/mol. The van der Waals surface area contributed by atoms with Gasteiger partial charge >= 0.3 is 0 Å². The number of hydrogen-bond acceptors (Lipinski definition) is 2. The molecule has 0 bridgehead atoms. The maximum atomic E-state index is 11.6. The number of nitrogens with two attached hydrogens (primary N) is 1. The summed E-state index contributed by atoms with van der Waals surface area (Å²) >= 11 is 0. The number of aromatic nitrogens is 1. The van der Waals surface area contributed by atoms with Gasteiger partial charge in [0.15, 0.2) is 0 Å². The van der Waals surface area contributed by atoms with Gasteiger partial charge in [-0.3, -0.25) is 4.79 Å². The van der Waals surface area contributed by atoms with Crippen molar-refractivity contribution >= 4 is 5.91 Å². The normalized spacial score (nSPS) is 17.8. The van der Waals surface area contributed by atoms with Gasteiger partial charge in [0, 0.05) is 18.4 Å². The Morgan fingerprint density at radius 3 is 2.93 bits per heavy atom. The molecule has 0 atom stereocenters. The van der Waals surface area contributed by atoms with Crippen LogP contribution in [0.5, 0.6) is 0 Å². The van der Waals surface area contributed by atoms with Crippen LogP contribution in [0.3, 0.4) is 0 Å². The minimum Gasteiger partial charge on any atom is -0.364 e. The molecule has 4 nitrogen and oxygen atoms in total. The molecule has 0 radical (unpaired) electrons. The van der Waals surface area contributed by atoms with E-state index < -0.39 is 0 Å². The Hall–Kier alpha value is -1.29. The Balaban J connectivity index is 1.84. The number of hydrogen-bond donors (Lipinski definition) is 3. The molecule has 1 aliphatic carbocycles. The molecule has 76 valence electrons. The molecule has 1 aromatic rings. The maximum absolute atomic E-state index is 11.6. The summed E-state index contributed by atoms with van der Waals surface area (Å²) in [5.74, 6) is 0.0922. The molecular formula is C10H15N3O. The van der Waals surface area contributed by atoms with Crippen molar-refractivity contribution in [2.45, 2.75) is 19.4 Å². The van der Waals surface area contributed by atoms with Crippen LogP contribution in [-0.2, 0) is 11.3 Å². The van der Waals surface area contributed by atoms with Crippen LogP contribution in [0, 0.1) is 5.41 Å². The van der Waals surface area contributed by atoms with Gasteiger partial charge in [-0.05, 0) is 25.0 Å². The second-order valence-corrected chi connectivity index (χ2v) is 3.86. The molecule has 0 unspecified atom stereocenters. The number of amides is 1. The van der Waals surface area contributed by atoms with Gasteiger partial charge in [-0.25, -0.2) is 0 Å². The third kappa shape index (κ3) is 1.65. The molecule has 0 saturated heterocycles. The van der Waals surface area contributed by atoms with Crippen molar-refractivity contribution in [3.05, 3.63) is 24.0 Å². The molecule has 0 aliphatic heterocycles. The Bertz CT molecular complexity index is 314. The molecule has 2 rings (SSSR count). The van der Waals surface area contributed by atoms with Crippen molar-refractivity contribution in [1.29, 1.82) is 0 Å². The summed E-state index contributed by atoms with van der Waals surface area (Å²) in [6.07, 6.45) is 3.71. The molecule has 0 spiro atoms. The molecule has 4 heteroatoms. The van der Waals surface area contributed by atoms with Crippen molar-refractivity contribution in [2.24, 2.45) is 11.1 Å². The van der Waals surface area contributed by atoms with Gasteiger partial charge < -0.3 is 16.0 Å². The fraction of sp³-hybridized carbons (Fsp3) is 0.500. The van der Waals surface area contributed by atoms with Crippen LogP contribution in [0.2, 0.25) is 0 Å². The summed E-state index contributed by atoms with van der Waals surface area (Å²) in [5, 5.41) is 2.89. The quantitative estimate of drug-likeness (QED) is 0.646. The molecule has 1 saturated carbocycles. The van der Waals surface area contributed by atoms with Crippen LogP contribution in [0.4, 0.5) is 0 Å². The van der Waals surface area contributed by atoms with E-state index in [9.17, 15) is 4.79 Å². The van der Waals surface area contributed by atoms with Crippen molar-refractivity contribution in [1.82, 2.24) is 10.3 Å². The summed E-state index contributed by atoms with van der Waals surface area (Å²) < 4.78 is 0. The summed E-state index contributed by atoms with van der Waals surface area (Å²) in [6, 6.07) is 3.86. The predicted molar refractivity (Wildman–Crippen MR) is 53.4 cm³/mol. The first-order valence-electron chi connectivity index (χ1n) is 4.87. The number of aromatic amines is 1. The number of carbonyl (C=O) groups is 1. The SMILES string of the molecule is NCC1(C(=O)NCc2ccc[nH]2)CC1. The van der Waals surface area contributed by atoms with Crippen molar-refractivity contribution in [3.8, 4) is 0 Å². The van der Waals surface area contributed by atoms with E-state index in [1.165, 1.54) is 0 Å². The standard InChI is InChI=1S/C10H15N3O/c11-7-10(3-4-10)9(14)13-6-8-2-1-5-12-8/h1-2,5,12H,3-4,6-7,11H2,(H,13,14). The summed E-state index contributed by atoms with van der Waals surface area (Å²) in [7, 11) is 0. The smallest absolute Gasteiger partial charge is 0.227 e. The zero-order chi connectivity index (χ0) is 10.0. The number of H-pyrrole nitrogens is 1. The fourth-order valence-electron chi connectivity index (χ4n) is 1.52. The Kier molecular flexibility index (Phi) is 2.29. The Labute approximate surface area is 82.9 Å². The second kappa shape index (κ2) is 3.46. The number of nitrogens with one attached hydrogen (secondary N) is 2. The van der Waals surface area contributed by atoms with Crippen LogP contribution < -0.4 is 11.1 Å². The van der Waals surface area contributed by atoms with Gasteiger partial charge in [-0.1, -0.05) is 0 Å². The minimum atomic E-state index is -0.243. The first-order valence-corrected chi connectivity index (χ1v) is 4.87. The van der Waals surface area contributed by atoms with Gasteiger partial charge in [-0.2, -0.15) is 0 Å². The highest BCUT2D eigenvalue weighted by Gasteiger charge is 2.48. The number of rotatable bonds is 4. The first kappa shape index (κ1) is 9.27. The third-order valence-electron chi connectivity index (χ3n) is 2.83. The maximum Gasteiger partial charge on any atom is 0.227 e. The first-order chi connectivity index (χ1) is 6.77. The lowest BCUT2D eigenvalue weighted by molar-refractivity contribution is -0.126. The third-order valence-corrected chi connectivity index (χ3v) is 2.83. The second-order valence-electron chi connectivity index (χ2n) is 3.86. The summed E-state index contributed by atoms with van der Waals surface area (Å²) in [6.45, 7) is 1.02. The highest BCUT2D eigenvalue weighted by Crippen LogP contribution is 2.44. The molecule has 1 aromatic heterocycles. The molecule has 14 heavy (non-hydrogen) atoms. The summed E-state index contributed by atoms with van der Waals surface area (Å²) in [5.41, 5.74) is 6.33. The van der Waals surface area contributed by atoms with E-state index in [2.05, 4.69) is 10.3 Å². The van der Waals surface area contributed by atoms with Crippen molar-refractivity contribution in [3.63, 3.8) is 0 Å². The van der Waals surface area contributed by atoms with Gasteiger partial charge in [0.1, 0.15) is 0 Å². The van der Waals surface area contributed by atoms with E-state index in [4.69, 9.17) is 5.73 Å². The predicted octanol–water partition coefficient (Wildman–Crippen LogP) is 0.370. The largest absolute Gasteiger partial charge is 0.364 e. The van der Waals surface area contributed by atoms with Crippen LogP contribution >= 0.6 is 0 Å². The van der Waals surface area contributed by atoms with Crippen LogP contribution in [0.25, 0.3) is 0 Å². The molecule has 1 fully saturated rings. The zero-order valence-electron chi connectivity index (χ0n) is 8.05. The van der Waals surface area contributed by atoms with E-state index in [1.54, 1.807) is 0 Å². The minimum absolute atomic E-state index is 0.0922. The molecule has 4 N–H and O–H groups in total. The van der Waals surface area contributed by atoms with Gasteiger partial charge in [0.25, 0.3) is 0 Å². The Morgan fingerprint density at radius 2 is 2.43 bits per heavy atom. The lowest BCUT2D eigenvalue weighted by atomic mass is 10.1. The molecule has 0 aromatic carbocycles. The van der Waals surface area contributed by atoms with Crippen molar-refractivity contribution in [2.75, 3.05) is 6.54 Å². The van der Waals surface area contributed by atoms with Crippen LogP contribution in [0.1, 0.15) is 18.5 Å². The van der Waals surface area contributed by atoms with Gasteiger partial charge in [0.05, 0.1) is 12.0 Å². The van der Waals surface area contributed by atoms with Crippen LogP contribution in [-0.4, -0.2) is 17.4 Å². The lowest BCUT2D eigenvalue weighted by Crippen LogP contribution is -2.36. The number of carbonyl (C=O) groups excluding carboxylic acids is 1. The molecule has 1 amide bonds. The van der Waals surface area contributed by atoms with E-state index in [0.717, 1.165) is 18.5 Å². The average molecular weight is 193 g/mol. The van der Waals surface area contributed by atoms with Gasteiger partial charge in [-0.15, -0.1) is 0 Å². The van der Waals surface area contributed by atoms with E-state index in [0.29, 0.717) is 13.1 Å². The molecule has 1 heterocycles. The van der Waals surface area contributed by atoms with E-state index >= 15 is 0 Å². The summed E-state index contributed by atoms with van der Waals surface area (Å²) in [4.78, 5) is 14.7. The van der Waals surface area contributed by atoms with Crippen molar-refractivity contribution < 1.29 is 4.79 Å². The lowest BCUT2D eigenvalue weighted by Gasteiger charge is -2.11. The fourth-order valence-corrected chi connectivity index (χ4v) is 1.52.